The van der Waals surface area contributed by atoms with Gasteiger partial charge in [-0.2, -0.15) is 0 Å². The second-order valence-corrected chi connectivity index (χ2v) is 6.94. The number of likely N-dealkylation sites (N-methyl/N-ethyl adjacent to an activating group) is 1. The summed E-state index contributed by atoms with van der Waals surface area (Å²) in [6, 6.07) is 10.6. The van der Waals surface area contributed by atoms with E-state index in [0.717, 1.165) is 4.88 Å². The fourth-order valence-corrected chi connectivity index (χ4v) is 4.49. The number of carbonyl (C=O) groups excluding carboxylic acids is 1. The zero-order valence-corrected chi connectivity index (χ0v) is 13.0. The van der Waals surface area contributed by atoms with Crippen LogP contribution in [-0.2, 0) is 0 Å². The van der Waals surface area contributed by atoms with Gasteiger partial charge in [0.25, 0.3) is 5.91 Å². The molecule has 0 fully saturated rings. The highest BCUT2D eigenvalue weighted by molar-refractivity contribution is 7.33. The largest absolute Gasteiger partial charge is 0.350 e. The Balaban J connectivity index is 1.87. The van der Waals surface area contributed by atoms with Crippen LogP contribution in [0.1, 0.15) is 16.6 Å². The topological polar surface area (TPSA) is 41.1 Å². The van der Waals surface area contributed by atoms with Crippen molar-refractivity contribution in [1.82, 2.24) is 10.6 Å². The van der Waals surface area contributed by atoms with Crippen LogP contribution in [0.5, 0.6) is 0 Å². The van der Waals surface area contributed by atoms with Crippen LogP contribution in [0.25, 0.3) is 19.5 Å². The molecule has 2 heterocycles. The van der Waals surface area contributed by atoms with E-state index in [1.165, 1.54) is 19.5 Å². The Kier molecular flexibility index (Phi) is 3.74. The van der Waals surface area contributed by atoms with Gasteiger partial charge in [-0.05, 0) is 26.1 Å². The summed E-state index contributed by atoms with van der Waals surface area (Å²) in [5.41, 5.74) is 0. The van der Waals surface area contributed by atoms with Crippen molar-refractivity contribution >= 4 is 48.1 Å². The number of nitrogens with one attached hydrogen (secondary N) is 2. The van der Waals surface area contributed by atoms with E-state index in [-0.39, 0.29) is 11.9 Å². The number of amides is 1. The number of thiophene rings is 2. The summed E-state index contributed by atoms with van der Waals surface area (Å²) in [6.07, 6.45) is 0. The van der Waals surface area contributed by atoms with E-state index in [9.17, 15) is 4.79 Å². The van der Waals surface area contributed by atoms with Crippen molar-refractivity contribution in [3.63, 3.8) is 0 Å². The summed E-state index contributed by atoms with van der Waals surface area (Å²) in [7, 11) is 1.89. The molecule has 1 unspecified atom stereocenters. The molecule has 20 heavy (non-hydrogen) atoms. The van der Waals surface area contributed by atoms with Gasteiger partial charge in [0.15, 0.2) is 0 Å². The van der Waals surface area contributed by atoms with Gasteiger partial charge in [0.2, 0.25) is 0 Å². The third kappa shape index (κ3) is 2.44. The first-order valence-electron chi connectivity index (χ1n) is 6.55. The summed E-state index contributed by atoms with van der Waals surface area (Å²) < 4.78 is 3.70. The molecule has 3 rings (SSSR count). The van der Waals surface area contributed by atoms with Crippen LogP contribution >= 0.6 is 22.7 Å². The van der Waals surface area contributed by atoms with Gasteiger partial charge in [0, 0.05) is 27.4 Å². The summed E-state index contributed by atoms with van der Waals surface area (Å²) in [5, 5.41) is 7.32. The lowest BCUT2D eigenvalue weighted by Crippen LogP contribution is -2.36. The lowest BCUT2D eigenvalue weighted by atomic mass is 10.2. The third-order valence-corrected chi connectivity index (χ3v) is 5.75. The zero-order valence-electron chi connectivity index (χ0n) is 11.4. The van der Waals surface area contributed by atoms with Gasteiger partial charge >= 0.3 is 0 Å². The molecule has 0 spiro atoms. The molecular formula is C15H16N2OS2. The average molecular weight is 304 g/mol. The lowest BCUT2D eigenvalue weighted by Gasteiger charge is -2.10. The number of fused-ring (bicyclic) bond motifs is 3. The molecule has 0 aliphatic rings. The van der Waals surface area contributed by atoms with E-state index in [1.807, 2.05) is 26.1 Å². The Morgan fingerprint density at radius 3 is 2.85 bits per heavy atom. The predicted molar refractivity (Wildman–Crippen MR) is 88.1 cm³/mol. The molecule has 3 aromatic rings. The maximum absolute atomic E-state index is 12.1. The molecule has 1 amide bonds. The van der Waals surface area contributed by atoms with Gasteiger partial charge < -0.3 is 10.6 Å². The van der Waals surface area contributed by atoms with Crippen molar-refractivity contribution in [2.75, 3.05) is 13.6 Å². The van der Waals surface area contributed by atoms with Gasteiger partial charge in [-0.15, -0.1) is 22.7 Å². The minimum Gasteiger partial charge on any atom is -0.350 e. The van der Waals surface area contributed by atoms with Crippen LogP contribution < -0.4 is 10.6 Å². The van der Waals surface area contributed by atoms with Crippen LogP contribution in [0.15, 0.2) is 30.3 Å². The molecular weight excluding hydrogens is 288 g/mol. The summed E-state index contributed by atoms with van der Waals surface area (Å²) in [6.45, 7) is 2.68. The van der Waals surface area contributed by atoms with Crippen molar-refractivity contribution in [2.45, 2.75) is 13.0 Å². The Morgan fingerprint density at radius 2 is 2.05 bits per heavy atom. The van der Waals surface area contributed by atoms with E-state index < -0.39 is 0 Å². The molecule has 0 aliphatic carbocycles. The van der Waals surface area contributed by atoms with Crippen LogP contribution in [0, 0.1) is 0 Å². The molecule has 0 saturated heterocycles. The minimum absolute atomic E-state index is 0.0181. The van der Waals surface area contributed by atoms with E-state index >= 15 is 0 Å². The SMILES string of the molecule is CNC(C)CNC(=O)c1cc2sc3ccccc3c2s1. The van der Waals surface area contributed by atoms with Crippen molar-refractivity contribution in [3.05, 3.63) is 35.2 Å². The lowest BCUT2D eigenvalue weighted by molar-refractivity contribution is 0.0954. The number of benzene rings is 1. The Bertz CT molecular complexity index is 760. The first kappa shape index (κ1) is 13.5. The quantitative estimate of drug-likeness (QED) is 0.775. The summed E-state index contributed by atoms with van der Waals surface area (Å²) >= 11 is 3.33. The molecule has 104 valence electrons. The smallest absolute Gasteiger partial charge is 0.261 e. The number of carbonyl (C=O) groups is 1. The first-order chi connectivity index (χ1) is 9.69. The molecule has 0 radical (unpaired) electrons. The van der Waals surface area contributed by atoms with Gasteiger partial charge in [0.1, 0.15) is 0 Å². The Hall–Kier alpha value is -1.43. The molecule has 2 aromatic heterocycles. The monoisotopic (exact) mass is 304 g/mol. The van der Waals surface area contributed by atoms with Gasteiger partial charge in [-0.3, -0.25) is 4.79 Å². The molecule has 3 nitrogen and oxygen atoms in total. The molecule has 1 atom stereocenters. The van der Waals surface area contributed by atoms with Crippen LogP contribution in [-0.4, -0.2) is 25.5 Å². The average Bonchev–Trinajstić information content (AvgIpc) is 3.01. The van der Waals surface area contributed by atoms with Crippen molar-refractivity contribution in [3.8, 4) is 0 Å². The standard InChI is InChI=1S/C15H16N2OS2/c1-9(16-2)8-17-15(18)13-7-12-14(20-13)10-5-3-4-6-11(10)19-12/h3-7,9,16H,8H2,1-2H3,(H,17,18). The zero-order chi connectivity index (χ0) is 14.1. The van der Waals surface area contributed by atoms with Crippen molar-refractivity contribution in [1.29, 1.82) is 0 Å². The Morgan fingerprint density at radius 1 is 1.25 bits per heavy atom. The van der Waals surface area contributed by atoms with Gasteiger partial charge in [0.05, 0.1) is 9.58 Å². The van der Waals surface area contributed by atoms with Crippen LogP contribution in [0.4, 0.5) is 0 Å². The maximum atomic E-state index is 12.1. The fraction of sp³-hybridized carbons (Fsp3) is 0.267. The van der Waals surface area contributed by atoms with Crippen LogP contribution in [0.2, 0.25) is 0 Å². The van der Waals surface area contributed by atoms with E-state index in [0.29, 0.717) is 6.54 Å². The van der Waals surface area contributed by atoms with Crippen LogP contribution in [0.3, 0.4) is 0 Å². The Labute approximate surface area is 125 Å². The van der Waals surface area contributed by atoms with Gasteiger partial charge in [-0.1, -0.05) is 18.2 Å². The molecule has 5 heteroatoms. The summed E-state index contributed by atoms with van der Waals surface area (Å²) in [4.78, 5) is 12.9. The van der Waals surface area contributed by atoms with Crippen molar-refractivity contribution < 1.29 is 4.79 Å². The van der Waals surface area contributed by atoms with E-state index in [2.05, 4.69) is 28.8 Å². The molecule has 0 bridgehead atoms. The maximum Gasteiger partial charge on any atom is 0.261 e. The third-order valence-electron chi connectivity index (χ3n) is 3.33. The van der Waals surface area contributed by atoms with E-state index in [4.69, 9.17) is 0 Å². The van der Waals surface area contributed by atoms with E-state index in [1.54, 1.807) is 22.7 Å². The molecule has 1 aromatic carbocycles. The highest BCUT2D eigenvalue weighted by atomic mass is 32.1. The minimum atomic E-state index is 0.0181. The second-order valence-electron chi connectivity index (χ2n) is 4.80. The molecule has 0 aliphatic heterocycles. The number of rotatable bonds is 4. The molecule has 2 N–H and O–H groups in total. The number of hydrogen-bond acceptors (Lipinski definition) is 4. The van der Waals surface area contributed by atoms with Gasteiger partial charge in [-0.25, -0.2) is 0 Å². The fourth-order valence-electron chi connectivity index (χ4n) is 2.05. The second kappa shape index (κ2) is 5.52. The highest BCUT2D eigenvalue weighted by Gasteiger charge is 2.14. The molecule has 0 saturated carbocycles. The predicted octanol–water partition coefficient (Wildman–Crippen LogP) is 3.45. The van der Waals surface area contributed by atoms with Crippen molar-refractivity contribution in [2.24, 2.45) is 0 Å². The highest BCUT2D eigenvalue weighted by Crippen LogP contribution is 2.39. The first-order valence-corrected chi connectivity index (χ1v) is 8.19. The summed E-state index contributed by atoms with van der Waals surface area (Å²) in [5.74, 6) is 0.0181. The number of hydrogen-bond donors (Lipinski definition) is 2. The normalized spacial score (nSPS) is 12.9.